The Labute approximate surface area is 183 Å². The van der Waals surface area contributed by atoms with Gasteiger partial charge in [0.15, 0.2) is 0 Å². The van der Waals surface area contributed by atoms with Gasteiger partial charge in [-0.2, -0.15) is 0 Å². The summed E-state index contributed by atoms with van der Waals surface area (Å²) in [5, 5.41) is 2.97. The molecule has 0 bridgehead atoms. The summed E-state index contributed by atoms with van der Waals surface area (Å²) in [4.78, 5) is 29.1. The zero-order valence-electron chi connectivity index (χ0n) is 20.0. The number of piperazine rings is 1. The molecule has 168 valence electrons. The van der Waals surface area contributed by atoms with Crippen LogP contribution in [-0.2, 0) is 9.59 Å². The van der Waals surface area contributed by atoms with Gasteiger partial charge in [-0.25, -0.2) is 0 Å². The van der Waals surface area contributed by atoms with Gasteiger partial charge in [-0.1, -0.05) is 48.5 Å². The number of benzene rings is 1. The number of carbonyl (C=O) groups is 2. The zero-order chi connectivity index (χ0) is 22.5. The van der Waals surface area contributed by atoms with Crippen LogP contribution in [0.4, 0.5) is 11.4 Å². The van der Waals surface area contributed by atoms with Gasteiger partial charge in [0, 0.05) is 50.4 Å². The predicted molar refractivity (Wildman–Crippen MR) is 126 cm³/mol. The number of carbonyl (C=O) groups excluding carboxylic acids is 2. The molecule has 30 heavy (non-hydrogen) atoms. The lowest BCUT2D eigenvalue weighted by atomic mass is 9.84. The highest BCUT2D eigenvalue weighted by atomic mass is 16.2. The molecule has 2 rings (SSSR count). The van der Waals surface area contributed by atoms with Gasteiger partial charge in [0.1, 0.15) is 0 Å². The predicted octanol–water partition coefficient (Wildman–Crippen LogP) is 5.17. The van der Waals surface area contributed by atoms with E-state index < -0.39 is 0 Å². The van der Waals surface area contributed by atoms with Crippen molar-refractivity contribution in [3.63, 3.8) is 0 Å². The fourth-order valence-corrected chi connectivity index (χ4v) is 4.20. The molecule has 1 atom stereocenters. The number of nitrogens with zero attached hydrogens (tertiary/aromatic N) is 2. The van der Waals surface area contributed by atoms with Gasteiger partial charge >= 0.3 is 0 Å². The molecule has 1 saturated heterocycles. The fraction of sp³-hybridized carbons (Fsp3) is 0.680. The first-order valence-electron chi connectivity index (χ1n) is 11.2. The Morgan fingerprint density at radius 2 is 1.50 bits per heavy atom. The molecule has 1 aliphatic rings. The van der Waals surface area contributed by atoms with Crippen LogP contribution in [-0.4, -0.2) is 42.9 Å². The minimum Gasteiger partial charge on any atom is -0.368 e. The van der Waals surface area contributed by atoms with Crippen molar-refractivity contribution in [2.45, 2.75) is 67.7 Å². The molecular weight excluding hydrogens is 374 g/mol. The Morgan fingerprint density at radius 3 is 2.00 bits per heavy atom. The Bertz CT molecular complexity index is 705. The molecule has 5 heteroatoms. The number of nitrogens with one attached hydrogen (secondary N) is 1. The van der Waals surface area contributed by atoms with Crippen molar-refractivity contribution in [1.29, 1.82) is 0 Å². The third kappa shape index (κ3) is 8.37. The Balaban J connectivity index is 1.82. The average Bonchev–Trinajstić information content (AvgIpc) is 2.59. The third-order valence-corrected chi connectivity index (χ3v) is 5.32. The quantitative estimate of drug-likeness (QED) is 0.697. The highest BCUT2D eigenvalue weighted by molar-refractivity contribution is 5.91. The van der Waals surface area contributed by atoms with Crippen LogP contribution in [0.2, 0.25) is 0 Å². The number of anilines is 2. The first-order valence-corrected chi connectivity index (χ1v) is 11.2. The molecule has 5 nitrogen and oxygen atoms in total. The summed E-state index contributed by atoms with van der Waals surface area (Å²) in [6, 6.07) is 8.02. The van der Waals surface area contributed by atoms with Gasteiger partial charge in [0.2, 0.25) is 11.8 Å². The molecule has 0 aliphatic carbocycles. The summed E-state index contributed by atoms with van der Waals surface area (Å²) in [6.45, 7) is 18.3. The van der Waals surface area contributed by atoms with E-state index in [1.54, 1.807) is 0 Å². The van der Waals surface area contributed by atoms with Gasteiger partial charge < -0.3 is 15.1 Å². The van der Waals surface area contributed by atoms with Crippen molar-refractivity contribution < 1.29 is 9.59 Å². The largest absolute Gasteiger partial charge is 0.368 e. The smallest absolute Gasteiger partial charge is 0.224 e. The minimum atomic E-state index is -0.0222. The molecule has 1 aliphatic heterocycles. The second-order valence-corrected chi connectivity index (χ2v) is 11.3. The van der Waals surface area contributed by atoms with Crippen molar-refractivity contribution in [1.82, 2.24) is 4.90 Å². The van der Waals surface area contributed by atoms with Crippen LogP contribution in [0.3, 0.4) is 0 Å². The van der Waals surface area contributed by atoms with Crippen LogP contribution < -0.4 is 10.2 Å². The average molecular weight is 416 g/mol. The molecule has 0 radical (unpaired) electrons. The molecule has 1 N–H and O–H groups in total. The first-order chi connectivity index (χ1) is 13.8. The number of amides is 2. The summed E-state index contributed by atoms with van der Waals surface area (Å²) in [7, 11) is 0. The van der Waals surface area contributed by atoms with Gasteiger partial charge in [-0.15, -0.1) is 0 Å². The lowest BCUT2D eigenvalue weighted by Crippen LogP contribution is -2.49. The van der Waals surface area contributed by atoms with Crippen molar-refractivity contribution in [3.8, 4) is 0 Å². The van der Waals surface area contributed by atoms with E-state index in [0.29, 0.717) is 18.8 Å². The molecule has 0 aromatic heterocycles. The summed E-state index contributed by atoms with van der Waals surface area (Å²) in [6.07, 6.45) is 2.21. The van der Waals surface area contributed by atoms with E-state index in [1.165, 1.54) is 0 Å². The third-order valence-electron chi connectivity index (χ3n) is 5.32. The summed E-state index contributed by atoms with van der Waals surface area (Å²) < 4.78 is 0. The Kier molecular flexibility index (Phi) is 7.95. The van der Waals surface area contributed by atoms with E-state index in [1.807, 2.05) is 17.0 Å². The standard InChI is InChI=1S/C25H41N3O2/c1-19(17-24(2,3)4)16-23(30)28-14-12-27(13-15-28)21-10-8-20(9-11-21)26-22(29)18-25(5,6)7/h8-11,19H,12-18H2,1-7H3,(H,26,29). The van der Waals surface area contributed by atoms with Gasteiger partial charge in [0.05, 0.1) is 0 Å². The number of rotatable bonds is 6. The van der Waals surface area contributed by atoms with Gasteiger partial charge in [-0.05, 0) is 47.4 Å². The topological polar surface area (TPSA) is 52.7 Å². The second-order valence-electron chi connectivity index (χ2n) is 11.3. The molecule has 2 amide bonds. The van der Waals surface area contributed by atoms with Crippen LogP contribution in [0.5, 0.6) is 0 Å². The molecule has 0 spiro atoms. The van der Waals surface area contributed by atoms with Crippen molar-refractivity contribution in [3.05, 3.63) is 24.3 Å². The van der Waals surface area contributed by atoms with E-state index in [0.717, 1.165) is 44.0 Å². The maximum absolute atomic E-state index is 12.7. The summed E-state index contributed by atoms with van der Waals surface area (Å²) in [5.41, 5.74) is 2.20. The monoisotopic (exact) mass is 415 g/mol. The maximum atomic E-state index is 12.7. The lowest BCUT2D eigenvalue weighted by Gasteiger charge is -2.37. The maximum Gasteiger partial charge on any atom is 0.224 e. The van der Waals surface area contributed by atoms with Crippen molar-refractivity contribution in [2.75, 3.05) is 36.4 Å². The molecule has 1 heterocycles. The van der Waals surface area contributed by atoms with Crippen LogP contribution in [0.15, 0.2) is 24.3 Å². The van der Waals surface area contributed by atoms with E-state index in [4.69, 9.17) is 0 Å². The van der Waals surface area contributed by atoms with Crippen LogP contribution >= 0.6 is 0 Å². The molecule has 1 aromatic carbocycles. The normalized spacial score (nSPS) is 16.4. The highest BCUT2D eigenvalue weighted by Crippen LogP contribution is 2.27. The van der Waals surface area contributed by atoms with Gasteiger partial charge in [0.25, 0.3) is 0 Å². The zero-order valence-corrected chi connectivity index (χ0v) is 20.0. The second kappa shape index (κ2) is 9.84. The minimum absolute atomic E-state index is 0.0222. The van der Waals surface area contributed by atoms with E-state index >= 15 is 0 Å². The van der Waals surface area contributed by atoms with E-state index in [2.05, 4.69) is 70.8 Å². The summed E-state index contributed by atoms with van der Waals surface area (Å²) >= 11 is 0. The number of hydrogen-bond donors (Lipinski definition) is 1. The SMILES string of the molecule is CC(CC(=O)N1CCN(c2ccc(NC(=O)CC(C)(C)C)cc2)CC1)CC(C)(C)C. The van der Waals surface area contributed by atoms with Crippen molar-refractivity contribution in [2.24, 2.45) is 16.7 Å². The lowest BCUT2D eigenvalue weighted by molar-refractivity contribution is -0.132. The Hall–Kier alpha value is -2.04. The molecule has 1 fully saturated rings. The van der Waals surface area contributed by atoms with Crippen LogP contribution in [0, 0.1) is 16.7 Å². The van der Waals surface area contributed by atoms with Gasteiger partial charge in [-0.3, -0.25) is 9.59 Å². The fourth-order valence-electron chi connectivity index (χ4n) is 4.20. The number of hydrogen-bond acceptors (Lipinski definition) is 3. The van der Waals surface area contributed by atoms with Crippen molar-refractivity contribution >= 4 is 23.2 Å². The van der Waals surface area contributed by atoms with E-state index in [-0.39, 0.29) is 22.6 Å². The molecule has 1 aromatic rings. The highest BCUT2D eigenvalue weighted by Gasteiger charge is 2.24. The molecule has 0 saturated carbocycles. The summed E-state index contributed by atoms with van der Waals surface area (Å²) in [5.74, 6) is 0.739. The Morgan fingerprint density at radius 1 is 0.933 bits per heavy atom. The first kappa shape index (κ1) is 24.2. The van der Waals surface area contributed by atoms with Crippen LogP contribution in [0.25, 0.3) is 0 Å². The molecular formula is C25H41N3O2. The van der Waals surface area contributed by atoms with Crippen LogP contribution in [0.1, 0.15) is 67.7 Å². The molecule has 1 unspecified atom stereocenters. The van der Waals surface area contributed by atoms with E-state index in [9.17, 15) is 9.59 Å².